The first-order valence-corrected chi connectivity index (χ1v) is 6.87. The molecule has 4 heteroatoms. The van der Waals surface area contributed by atoms with Crippen molar-refractivity contribution in [1.82, 2.24) is 5.32 Å². The van der Waals surface area contributed by atoms with Crippen LogP contribution in [0.15, 0.2) is 40.8 Å². The monoisotopic (exact) mass is 282 g/mol. The van der Waals surface area contributed by atoms with Crippen molar-refractivity contribution >= 4 is 5.91 Å². The number of carbonyl (C=O) groups excluding carboxylic acids is 1. The summed E-state index contributed by atoms with van der Waals surface area (Å²) in [5, 5.41) is 2.83. The highest BCUT2D eigenvalue weighted by molar-refractivity contribution is 5.91. The van der Waals surface area contributed by atoms with Gasteiger partial charge in [0, 0.05) is 18.5 Å². The van der Waals surface area contributed by atoms with Crippen LogP contribution < -0.4 is 11.1 Å². The standard InChI is InChI=1S/C17H18N2O2/c1-2-15-8-9-16(21-15)17(20)19-12-14-6-3-5-13(11-14)7-4-10-18/h3,5-6,8-9,11H,2,10,12,18H2,1H3,(H,19,20). The summed E-state index contributed by atoms with van der Waals surface area (Å²) in [4.78, 5) is 12.0. The SMILES string of the molecule is CCc1ccc(C(=O)NCc2cccc(C#CCN)c2)o1. The minimum Gasteiger partial charge on any atom is -0.456 e. The Labute approximate surface area is 124 Å². The van der Waals surface area contributed by atoms with Gasteiger partial charge in [0.1, 0.15) is 5.76 Å². The molecule has 108 valence electrons. The Morgan fingerprint density at radius 3 is 2.90 bits per heavy atom. The summed E-state index contributed by atoms with van der Waals surface area (Å²) in [5.74, 6) is 6.70. The largest absolute Gasteiger partial charge is 0.456 e. The number of rotatable bonds is 4. The van der Waals surface area contributed by atoms with Crippen LogP contribution in [0.3, 0.4) is 0 Å². The van der Waals surface area contributed by atoms with Crippen LogP contribution in [0.25, 0.3) is 0 Å². The predicted molar refractivity (Wildman–Crippen MR) is 81.6 cm³/mol. The van der Waals surface area contributed by atoms with Crippen LogP contribution in [0, 0.1) is 11.8 Å². The lowest BCUT2D eigenvalue weighted by Crippen LogP contribution is -2.22. The van der Waals surface area contributed by atoms with E-state index in [0.29, 0.717) is 18.8 Å². The number of furan rings is 1. The molecule has 21 heavy (non-hydrogen) atoms. The van der Waals surface area contributed by atoms with Crippen molar-refractivity contribution in [2.45, 2.75) is 19.9 Å². The Morgan fingerprint density at radius 2 is 2.19 bits per heavy atom. The zero-order valence-electron chi connectivity index (χ0n) is 12.0. The number of benzene rings is 1. The van der Waals surface area contributed by atoms with E-state index >= 15 is 0 Å². The molecule has 0 unspecified atom stereocenters. The molecule has 0 saturated heterocycles. The van der Waals surface area contributed by atoms with E-state index in [1.807, 2.05) is 37.3 Å². The first-order valence-electron chi connectivity index (χ1n) is 6.87. The van der Waals surface area contributed by atoms with Crippen LogP contribution in [0.2, 0.25) is 0 Å². The van der Waals surface area contributed by atoms with Gasteiger partial charge in [0.15, 0.2) is 5.76 Å². The van der Waals surface area contributed by atoms with Crippen LogP contribution in [0.4, 0.5) is 0 Å². The maximum atomic E-state index is 12.0. The Bertz CT molecular complexity index is 677. The summed E-state index contributed by atoms with van der Waals surface area (Å²) in [6.07, 6.45) is 0.773. The van der Waals surface area contributed by atoms with E-state index in [0.717, 1.165) is 23.3 Å². The molecule has 2 rings (SSSR count). The third kappa shape index (κ3) is 4.23. The molecule has 0 aliphatic carbocycles. The van der Waals surface area contributed by atoms with E-state index in [1.165, 1.54) is 0 Å². The predicted octanol–water partition coefficient (Wildman–Crippen LogP) is 2.08. The Hall–Kier alpha value is -2.51. The summed E-state index contributed by atoms with van der Waals surface area (Å²) in [6, 6.07) is 11.2. The van der Waals surface area contributed by atoms with Gasteiger partial charge in [-0.15, -0.1) is 0 Å². The van der Waals surface area contributed by atoms with Crippen molar-refractivity contribution in [2.24, 2.45) is 5.73 Å². The van der Waals surface area contributed by atoms with Gasteiger partial charge < -0.3 is 15.5 Å². The molecule has 2 aromatic rings. The maximum absolute atomic E-state index is 12.0. The zero-order valence-corrected chi connectivity index (χ0v) is 12.0. The lowest BCUT2D eigenvalue weighted by molar-refractivity contribution is 0.0921. The quantitative estimate of drug-likeness (QED) is 0.844. The van der Waals surface area contributed by atoms with Gasteiger partial charge in [0.25, 0.3) is 5.91 Å². The van der Waals surface area contributed by atoms with E-state index < -0.39 is 0 Å². The molecule has 1 heterocycles. The molecular formula is C17H18N2O2. The normalized spacial score (nSPS) is 9.81. The van der Waals surface area contributed by atoms with Gasteiger partial charge in [0.2, 0.25) is 0 Å². The summed E-state index contributed by atoms with van der Waals surface area (Å²) in [7, 11) is 0. The number of hydrogen-bond acceptors (Lipinski definition) is 3. The summed E-state index contributed by atoms with van der Waals surface area (Å²) in [6.45, 7) is 2.74. The first kappa shape index (κ1) is 14.9. The first-order chi connectivity index (χ1) is 10.2. The third-order valence-electron chi connectivity index (χ3n) is 2.95. The maximum Gasteiger partial charge on any atom is 0.287 e. The molecule has 0 spiro atoms. The number of aryl methyl sites for hydroxylation is 1. The van der Waals surface area contributed by atoms with Crippen LogP contribution in [-0.2, 0) is 13.0 Å². The fourth-order valence-electron chi connectivity index (χ4n) is 1.87. The smallest absolute Gasteiger partial charge is 0.287 e. The van der Waals surface area contributed by atoms with Gasteiger partial charge in [-0.25, -0.2) is 0 Å². The van der Waals surface area contributed by atoms with Crippen LogP contribution in [0.1, 0.15) is 34.4 Å². The van der Waals surface area contributed by atoms with Crippen molar-refractivity contribution < 1.29 is 9.21 Å². The molecule has 3 N–H and O–H groups in total. The van der Waals surface area contributed by atoms with E-state index in [1.54, 1.807) is 6.07 Å². The summed E-state index contributed by atoms with van der Waals surface area (Å²) >= 11 is 0. The van der Waals surface area contributed by atoms with Gasteiger partial charge in [-0.05, 0) is 29.8 Å². The molecule has 0 radical (unpaired) electrons. The molecule has 0 aliphatic rings. The Balaban J connectivity index is 1.97. The topological polar surface area (TPSA) is 68.3 Å². The lowest BCUT2D eigenvalue weighted by Gasteiger charge is -2.04. The fraction of sp³-hybridized carbons (Fsp3) is 0.235. The molecule has 0 saturated carbocycles. The fourth-order valence-corrected chi connectivity index (χ4v) is 1.87. The molecule has 0 atom stereocenters. The molecule has 1 aromatic carbocycles. The number of hydrogen-bond donors (Lipinski definition) is 2. The van der Waals surface area contributed by atoms with Crippen molar-refractivity contribution in [2.75, 3.05) is 6.54 Å². The molecule has 0 bridgehead atoms. The summed E-state index contributed by atoms with van der Waals surface area (Å²) in [5.41, 5.74) is 7.22. The average Bonchev–Trinajstić information content (AvgIpc) is 3.00. The summed E-state index contributed by atoms with van der Waals surface area (Å²) < 4.78 is 5.41. The molecule has 0 aliphatic heterocycles. The van der Waals surface area contributed by atoms with Gasteiger partial charge >= 0.3 is 0 Å². The Morgan fingerprint density at radius 1 is 1.33 bits per heavy atom. The third-order valence-corrected chi connectivity index (χ3v) is 2.95. The highest BCUT2D eigenvalue weighted by Gasteiger charge is 2.10. The minimum absolute atomic E-state index is 0.215. The lowest BCUT2D eigenvalue weighted by atomic mass is 10.1. The number of nitrogens with two attached hydrogens (primary N) is 1. The average molecular weight is 282 g/mol. The molecule has 0 fully saturated rings. The highest BCUT2D eigenvalue weighted by atomic mass is 16.3. The van der Waals surface area contributed by atoms with Crippen LogP contribution >= 0.6 is 0 Å². The van der Waals surface area contributed by atoms with Crippen molar-refractivity contribution in [3.63, 3.8) is 0 Å². The van der Waals surface area contributed by atoms with E-state index in [-0.39, 0.29) is 5.91 Å². The number of carbonyl (C=O) groups is 1. The van der Waals surface area contributed by atoms with Gasteiger partial charge in [-0.2, -0.15) is 0 Å². The van der Waals surface area contributed by atoms with Gasteiger partial charge in [0.05, 0.1) is 6.54 Å². The molecule has 4 nitrogen and oxygen atoms in total. The minimum atomic E-state index is -0.215. The van der Waals surface area contributed by atoms with Crippen LogP contribution in [0.5, 0.6) is 0 Å². The van der Waals surface area contributed by atoms with Crippen molar-refractivity contribution in [1.29, 1.82) is 0 Å². The van der Waals surface area contributed by atoms with Gasteiger partial charge in [-0.1, -0.05) is 30.9 Å². The highest BCUT2D eigenvalue weighted by Crippen LogP contribution is 2.09. The second-order valence-corrected chi connectivity index (χ2v) is 4.51. The second-order valence-electron chi connectivity index (χ2n) is 4.51. The van der Waals surface area contributed by atoms with Gasteiger partial charge in [-0.3, -0.25) is 4.79 Å². The zero-order chi connectivity index (χ0) is 15.1. The number of nitrogens with one attached hydrogen (secondary N) is 1. The Kier molecular flexibility index (Phi) is 5.19. The molecule has 1 amide bonds. The second kappa shape index (κ2) is 7.32. The van der Waals surface area contributed by atoms with E-state index in [9.17, 15) is 4.79 Å². The molecular weight excluding hydrogens is 264 g/mol. The van der Waals surface area contributed by atoms with Crippen molar-refractivity contribution in [3.8, 4) is 11.8 Å². The van der Waals surface area contributed by atoms with E-state index in [4.69, 9.17) is 10.2 Å². The molecule has 1 aromatic heterocycles. The number of amides is 1. The van der Waals surface area contributed by atoms with Crippen molar-refractivity contribution in [3.05, 3.63) is 59.0 Å². The van der Waals surface area contributed by atoms with Crippen LogP contribution in [-0.4, -0.2) is 12.5 Å². The van der Waals surface area contributed by atoms with E-state index in [2.05, 4.69) is 17.2 Å².